The van der Waals surface area contributed by atoms with Gasteiger partial charge in [-0.05, 0) is 48.4 Å². The fraction of sp³-hybridized carbons (Fsp3) is 0.300. The number of carbonyl (C=O) groups is 2. The zero-order chi connectivity index (χ0) is 18.5. The van der Waals surface area contributed by atoms with Crippen molar-refractivity contribution in [3.63, 3.8) is 0 Å². The molecule has 0 saturated carbocycles. The van der Waals surface area contributed by atoms with E-state index in [-0.39, 0.29) is 11.8 Å². The molecule has 0 bridgehead atoms. The van der Waals surface area contributed by atoms with Crippen LogP contribution in [0.1, 0.15) is 32.7 Å². The second kappa shape index (κ2) is 8.34. The summed E-state index contributed by atoms with van der Waals surface area (Å²) >= 11 is 5.88. The number of nitrogens with zero attached hydrogens (tertiary/aromatic N) is 2. The zero-order valence-electron chi connectivity index (χ0n) is 14.5. The third kappa shape index (κ3) is 4.23. The Labute approximate surface area is 158 Å². The van der Waals surface area contributed by atoms with Gasteiger partial charge in [0.25, 0.3) is 11.8 Å². The molecule has 0 aliphatic carbocycles. The van der Waals surface area contributed by atoms with Crippen molar-refractivity contribution < 1.29 is 9.59 Å². The molecule has 0 radical (unpaired) electrons. The van der Waals surface area contributed by atoms with E-state index < -0.39 is 0 Å². The molecule has 1 fully saturated rings. The first-order chi connectivity index (χ1) is 12.6. The van der Waals surface area contributed by atoms with Crippen molar-refractivity contribution in [2.75, 3.05) is 26.2 Å². The molecule has 6 heteroatoms. The van der Waals surface area contributed by atoms with Crippen molar-refractivity contribution in [3.05, 3.63) is 70.2 Å². The lowest BCUT2D eigenvalue weighted by molar-refractivity contribution is 0.0719. The monoisotopic (exact) mass is 371 g/mol. The Morgan fingerprint density at radius 2 is 1.27 bits per heavy atom. The van der Waals surface area contributed by atoms with Crippen LogP contribution in [0.3, 0.4) is 0 Å². The van der Waals surface area contributed by atoms with Crippen molar-refractivity contribution >= 4 is 23.4 Å². The number of rotatable bonds is 3. The first kappa shape index (κ1) is 18.4. The second-order valence-electron chi connectivity index (χ2n) is 6.35. The van der Waals surface area contributed by atoms with Gasteiger partial charge in [0, 0.05) is 48.9 Å². The first-order valence-electron chi connectivity index (χ1n) is 8.71. The van der Waals surface area contributed by atoms with Gasteiger partial charge in [-0.3, -0.25) is 9.59 Å². The summed E-state index contributed by atoms with van der Waals surface area (Å²) in [6.07, 6.45) is 0.756. The van der Waals surface area contributed by atoms with Gasteiger partial charge in [-0.25, -0.2) is 0 Å². The van der Waals surface area contributed by atoms with E-state index in [1.807, 2.05) is 29.2 Å². The van der Waals surface area contributed by atoms with Crippen LogP contribution >= 0.6 is 11.6 Å². The van der Waals surface area contributed by atoms with Crippen LogP contribution in [-0.2, 0) is 6.54 Å². The van der Waals surface area contributed by atoms with Crippen LogP contribution in [0.2, 0.25) is 5.02 Å². The normalized spacial score (nSPS) is 14.8. The number of hydrogen-bond donors (Lipinski definition) is 1. The number of hydrogen-bond acceptors (Lipinski definition) is 3. The van der Waals surface area contributed by atoms with Gasteiger partial charge in [-0.1, -0.05) is 23.7 Å². The molecule has 1 aliphatic heterocycles. The largest absolute Gasteiger partial charge is 0.337 e. The molecular formula is C20H22ClN3O2. The minimum Gasteiger partial charge on any atom is -0.337 e. The summed E-state index contributed by atoms with van der Waals surface area (Å²) in [4.78, 5) is 29.0. The Morgan fingerprint density at radius 3 is 1.73 bits per heavy atom. The topological polar surface area (TPSA) is 66.6 Å². The Kier molecular flexibility index (Phi) is 5.91. The van der Waals surface area contributed by atoms with Crippen molar-refractivity contribution in [2.24, 2.45) is 5.73 Å². The summed E-state index contributed by atoms with van der Waals surface area (Å²) in [6, 6.07) is 14.3. The number of halogens is 1. The maximum atomic E-state index is 12.7. The lowest BCUT2D eigenvalue weighted by atomic mass is 10.1. The van der Waals surface area contributed by atoms with E-state index in [0.717, 1.165) is 12.0 Å². The van der Waals surface area contributed by atoms with Crippen molar-refractivity contribution in [2.45, 2.75) is 13.0 Å². The lowest BCUT2D eigenvalue weighted by Gasteiger charge is -2.22. The van der Waals surface area contributed by atoms with Gasteiger partial charge >= 0.3 is 0 Å². The highest BCUT2D eigenvalue weighted by molar-refractivity contribution is 6.30. The van der Waals surface area contributed by atoms with E-state index in [1.54, 1.807) is 29.2 Å². The van der Waals surface area contributed by atoms with Crippen LogP contribution in [0.4, 0.5) is 0 Å². The van der Waals surface area contributed by atoms with Gasteiger partial charge in [0.05, 0.1) is 0 Å². The molecule has 0 atom stereocenters. The SMILES string of the molecule is NCc1ccc(C(=O)N2CCCN(C(=O)c3ccc(Cl)cc3)CC2)cc1. The van der Waals surface area contributed by atoms with Crippen molar-refractivity contribution in [1.29, 1.82) is 0 Å². The van der Waals surface area contributed by atoms with E-state index in [9.17, 15) is 9.59 Å². The number of nitrogens with two attached hydrogens (primary N) is 1. The van der Waals surface area contributed by atoms with Gasteiger partial charge in [-0.15, -0.1) is 0 Å². The Hall–Kier alpha value is -2.37. The van der Waals surface area contributed by atoms with Crippen LogP contribution in [0, 0.1) is 0 Å². The average Bonchev–Trinajstić information content (AvgIpc) is 2.94. The highest BCUT2D eigenvalue weighted by atomic mass is 35.5. The molecule has 5 nitrogen and oxygen atoms in total. The first-order valence-corrected chi connectivity index (χ1v) is 9.09. The van der Waals surface area contributed by atoms with E-state index >= 15 is 0 Å². The predicted molar refractivity (Wildman–Crippen MR) is 102 cm³/mol. The molecule has 1 heterocycles. The molecule has 2 aromatic rings. The maximum absolute atomic E-state index is 12.7. The fourth-order valence-electron chi connectivity index (χ4n) is 3.06. The molecule has 136 valence electrons. The lowest BCUT2D eigenvalue weighted by Crippen LogP contribution is -2.37. The molecule has 2 N–H and O–H groups in total. The standard InChI is InChI=1S/C20H22ClN3O2/c21-18-8-6-17(7-9-18)20(26)24-11-1-10-23(12-13-24)19(25)16-4-2-15(14-22)3-5-16/h2-9H,1,10-14,22H2. The van der Waals surface area contributed by atoms with Crippen LogP contribution in [0.5, 0.6) is 0 Å². The van der Waals surface area contributed by atoms with Crippen molar-refractivity contribution in [3.8, 4) is 0 Å². The van der Waals surface area contributed by atoms with Gasteiger partial charge in [0.15, 0.2) is 0 Å². The van der Waals surface area contributed by atoms with Crippen LogP contribution < -0.4 is 5.73 Å². The zero-order valence-corrected chi connectivity index (χ0v) is 15.3. The minimum absolute atomic E-state index is 0.00522. The molecule has 3 rings (SSSR count). The summed E-state index contributed by atoms with van der Waals surface area (Å²) in [5.41, 5.74) is 7.87. The van der Waals surface area contributed by atoms with E-state index in [4.69, 9.17) is 17.3 Å². The van der Waals surface area contributed by atoms with Gasteiger partial charge in [0.2, 0.25) is 0 Å². The van der Waals surface area contributed by atoms with E-state index in [2.05, 4.69) is 0 Å². The Bertz CT molecular complexity index is 775. The minimum atomic E-state index is -0.0248. The number of benzene rings is 2. The smallest absolute Gasteiger partial charge is 0.253 e. The molecule has 2 amide bonds. The van der Waals surface area contributed by atoms with E-state index in [1.165, 1.54) is 0 Å². The molecular weight excluding hydrogens is 350 g/mol. The summed E-state index contributed by atoms with van der Waals surface area (Å²) < 4.78 is 0. The Morgan fingerprint density at radius 1 is 0.808 bits per heavy atom. The Balaban J connectivity index is 1.64. The predicted octanol–water partition coefficient (Wildman–Crippen LogP) is 2.79. The average molecular weight is 372 g/mol. The third-order valence-electron chi connectivity index (χ3n) is 4.60. The van der Waals surface area contributed by atoms with Crippen LogP contribution in [0.25, 0.3) is 0 Å². The molecule has 26 heavy (non-hydrogen) atoms. The van der Waals surface area contributed by atoms with Gasteiger partial charge in [0.1, 0.15) is 0 Å². The van der Waals surface area contributed by atoms with Crippen LogP contribution in [0.15, 0.2) is 48.5 Å². The molecule has 1 saturated heterocycles. The highest BCUT2D eigenvalue weighted by Crippen LogP contribution is 2.15. The van der Waals surface area contributed by atoms with Gasteiger partial charge in [-0.2, -0.15) is 0 Å². The fourth-order valence-corrected chi connectivity index (χ4v) is 3.19. The number of carbonyl (C=O) groups excluding carboxylic acids is 2. The quantitative estimate of drug-likeness (QED) is 0.902. The summed E-state index contributed by atoms with van der Waals surface area (Å²) in [6.45, 7) is 2.78. The summed E-state index contributed by atoms with van der Waals surface area (Å²) in [5, 5.41) is 0.606. The molecule has 1 aliphatic rings. The molecule has 2 aromatic carbocycles. The third-order valence-corrected chi connectivity index (χ3v) is 4.85. The van der Waals surface area contributed by atoms with Gasteiger partial charge < -0.3 is 15.5 Å². The summed E-state index contributed by atoms with van der Waals surface area (Å²) in [7, 11) is 0. The highest BCUT2D eigenvalue weighted by Gasteiger charge is 2.23. The molecule has 0 spiro atoms. The van der Waals surface area contributed by atoms with E-state index in [0.29, 0.717) is 48.9 Å². The number of amides is 2. The molecule has 0 unspecified atom stereocenters. The second-order valence-corrected chi connectivity index (χ2v) is 6.78. The van der Waals surface area contributed by atoms with Crippen molar-refractivity contribution in [1.82, 2.24) is 9.80 Å². The maximum Gasteiger partial charge on any atom is 0.253 e. The summed E-state index contributed by atoms with van der Waals surface area (Å²) in [5.74, 6) is -0.0300. The van der Waals surface area contributed by atoms with Crippen LogP contribution in [-0.4, -0.2) is 47.8 Å². The molecule has 0 aromatic heterocycles.